The molecule has 1 aromatic rings. The van der Waals surface area contributed by atoms with Crippen molar-refractivity contribution in [1.29, 1.82) is 0 Å². The highest BCUT2D eigenvalue weighted by Gasteiger charge is 2.40. The van der Waals surface area contributed by atoms with Crippen LogP contribution in [0.2, 0.25) is 0 Å². The fourth-order valence-corrected chi connectivity index (χ4v) is 1.73. The van der Waals surface area contributed by atoms with Gasteiger partial charge in [0.15, 0.2) is 0 Å². The van der Waals surface area contributed by atoms with Gasteiger partial charge in [-0.1, -0.05) is 38.1 Å². The summed E-state index contributed by atoms with van der Waals surface area (Å²) in [7, 11) is 0. The molecule has 0 aliphatic heterocycles. The van der Waals surface area contributed by atoms with Crippen molar-refractivity contribution in [2.75, 3.05) is 13.2 Å². The minimum Gasteiger partial charge on any atom is -0.370 e. The molecule has 120 valence electrons. The molecule has 0 aliphatic rings. The zero-order chi connectivity index (χ0) is 15.9. The van der Waals surface area contributed by atoms with Crippen molar-refractivity contribution < 1.29 is 22.3 Å². The smallest absolute Gasteiger partial charge is 0.330 e. The molecule has 0 spiro atoms. The molecule has 6 heteroatoms. The van der Waals surface area contributed by atoms with E-state index in [2.05, 4.69) is 19.2 Å². The summed E-state index contributed by atoms with van der Waals surface area (Å²) in [5, 5.41) is 3.24. The minimum absolute atomic E-state index is 0.109. The number of rotatable bonds is 9. The largest absolute Gasteiger partial charge is 0.370 e. The normalized spacial score (nSPS) is 12.4. The van der Waals surface area contributed by atoms with Gasteiger partial charge < -0.3 is 10.1 Å². The Morgan fingerprint density at radius 3 is 2.33 bits per heavy atom. The second-order valence-corrected chi connectivity index (χ2v) is 5.35. The molecule has 1 N–H and O–H groups in total. The van der Waals surface area contributed by atoms with Gasteiger partial charge in [0.1, 0.15) is 6.61 Å². The van der Waals surface area contributed by atoms with Crippen LogP contribution in [0.1, 0.15) is 25.0 Å². The first-order chi connectivity index (χ1) is 9.83. The number of ether oxygens (including phenoxy) is 1. The predicted molar refractivity (Wildman–Crippen MR) is 73.6 cm³/mol. The van der Waals surface area contributed by atoms with Crippen LogP contribution in [0.15, 0.2) is 24.3 Å². The Hall–Kier alpha value is -1.14. The van der Waals surface area contributed by atoms with Crippen molar-refractivity contribution in [1.82, 2.24) is 5.32 Å². The van der Waals surface area contributed by atoms with Crippen molar-refractivity contribution >= 4 is 0 Å². The van der Waals surface area contributed by atoms with E-state index >= 15 is 0 Å². The predicted octanol–water partition coefficient (Wildman–Crippen LogP) is 3.85. The van der Waals surface area contributed by atoms with Crippen LogP contribution in [0.3, 0.4) is 0 Å². The molecule has 0 fully saturated rings. The lowest BCUT2D eigenvalue weighted by atomic mass is 10.1. The molecule has 0 saturated carbocycles. The topological polar surface area (TPSA) is 21.3 Å². The molecular weight excluding hydrogens is 286 g/mol. The maximum absolute atomic E-state index is 12.8. The van der Waals surface area contributed by atoms with Crippen LogP contribution in [0.25, 0.3) is 0 Å². The van der Waals surface area contributed by atoms with E-state index in [4.69, 9.17) is 4.74 Å². The molecule has 0 amide bonds. The number of hydrogen-bond donors (Lipinski definition) is 1. The van der Waals surface area contributed by atoms with E-state index in [0.717, 1.165) is 17.7 Å². The van der Waals surface area contributed by atoms with Gasteiger partial charge in [-0.2, -0.15) is 8.78 Å². The van der Waals surface area contributed by atoms with Crippen LogP contribution in [-0.2, 0) is 17.9 Å². The average Bonchev–Trinajstić information content (AvgIpc) is 2.39. The van der Waals surface area contributed by atoms with Crippen molar-refractivity contribution in [2.24, 2.45) is 5.92 Å². The lowest BCUT2D eigenvalue weighted by Gasteiger charge is -2.16. The molecule has 1 rings (SSSR count). The standard InChI is InChI=1S/C15H21F4NO/c1-11(2)7-20-8-12-5-3-4-6-13(12)9-21-10-15(18,19)14(16)17/h3-6,11,14,20H,7-10H2,1-2H3. The van der Waals surface area contributed by atoms with Crippen molar-refractivity contribution in [3.8, 4) is 0 Å². The number of benzene rings is 1. The molecule has 2 nitrogen and oxygen atoms in total. The van der Waals surface area contributed by atoms with Crippen LogP contribution in [-0.4, -0.2) is 25.5 Å². The van der Waals surface area contributed by atoms with Crippen LogP contribution in [0, 0.1) is 5.92 Å². The lowest BCUT2D eigenvalue weighted by Crippen LogP contribution is -2.32. The van der Waals surface area contributed by atoms with Crippen LogP contribution < -0.4 is 5.32 Å². The molecule has 1 aromatic carbocycles. The lowest BCUT2D eigenvalue weighted by molar-refractivity contribution is -0.168. The summed E-state index contributed by atoms with van der Waals surface area (Å²) in [4.78, 5) is 0. The van der Waals surface area contributed by atoms with Crippen LogP contribution >= 0.6 is 0 Å². The third-order valence-corrected chi connectivity index (χ3v) is 2.86. The van der Waals surface area contributed by atoms with E-state index in [-0.39, 0.29) is 6.61 Å². The summed E-state index contributed by atoms with van der Waals surface area (Å²) in [5.74, 6) is -3.61. The van der Waals surface area contributed by atoms with Gasteiger partial charge in [-0.25, -0.2) is 8.78 Å². The Balaban J connectivity index is 2.51. The van der Waals surface area contributed by atoms with Gasteiger partial charge >= 0.3 is 12.3 Å². The van der Waals surface area contributed by atoms with Gasteiger partial charge in [0.25, 0.3) is 0 Å². The van der Waals surface area contributed by atoms with Gasteiger partial charge in [-0.3, -0.25) is 0 Å². The number of alkyl halides is 4. The number of hydrogen-bond acceptors (Lipinski definition) is 2. The molecule has 0 radical (unpaired) electrons. The molecular formula is C15H21F4NO. The molecule has 0 aliphatic carbocycles. The highest BCUT2D eigenvalue weighted by atomic mass is 19.3. The van der Waals surface area contributed by atoms with E-state index in [0.29, 0.717) is 12.5 Å². The summed E-state index contributed by atoms with van der Waals surface area (Å²) in [6.07, 6.45) is -3.71. The second kappa shape index (κ2) is 8.34. The van der Waals surface area contributed by atoms with Crippen LogP contribution in [0.5, 0.6) is 0 Å². The number of halogens is 4. The van der Waals surface area contributed by atoms with E-state index in [1.165, 1.54) is 0 Å². The van der Waals surface area contributed by atoms with Crippen molar-refractivity contribution in [3.63, 3.8) is 0 Å². The summed E-state index contributed by atoms with van der Waals surface area (Å²) in [6.45, 7) is 4.19. The summed E-state index contributed by atoms with van der Waals surface area (Å²) in [5.41, 5.74) is 1.64. The van der Waals surface area contributed by atoms with E-state index in [9.17, 15) is 17.6 Å². The van der Waals surface area contributed by atoms with Gasteiger partial charge in [0.05, 0.1) is 6.61 Å². The van der Waals surface area contributed by atoms with Gasteiger partial charge in [0, 0.05) is 6.54 Å². The number of nitrogens with one attached hydrogen (secondary N) is 1. The molecule has 0 aromatic heterocycles. The fourth-order valence-electron chi connectivity index (χ4n) is 1.73. The Kier molecular flexibility index (Phi) is 7.11. The molecule has 0 unspecified atom stereocenters. The Morgan fingerprint density at radius 2 is 1.76 bits per heavy atom. The molecule has 21 heavy (non-hydrogen) atoms. The second-order valence-electron chi connectivity index (χ2n) is 5.35. The van der Waals surface area contributed by atoms with Crippen molar-refractivity contribution in [2.45, 2.75) is 39.3 Å². The third-order valence-electron chi connectivity index (χ3n) is 2.86. The Bertz CT molecular complexity index is 424. The summed E-state index contributed by atoms with van der Waals surface area (Å²) < 4.78 is 54.3. The Labute approximate surface area is 122 Å². The summed E-state index contributed by atoms with van der Waals surface area (Å²) in [6, 6.07) is 7.20. The molecule has 0 bridgehead atoms. The average molecular weight is 307 g/mol. The first-order valence-electron chi connectivity index (χ1n) is 6.84. The Morgan fingerprint density at radius 1 is 1.14 bits per heavy atom. The third kappa shape index (κ3) is 6.44. The first-order valence-corrected chi connectivity index (χ1v) is 6.84. The molecule has 0 saturated heterocycles. The van der Waals surface area contributed by atoms with Gasteiger partial charge in [0.2, 0.25) is 0 Å². The minimum atomic E-state index is -4.11. The van der Waals surface area contributed by atoms with E-state index in [1.54, 1.807) is 12.1 Å². The highest BCUT2D eigenvalue weighted by Crippen LogP contribution is 2.23. The zero-order valence-electron chi connectivity index (χ0n) is 12.2. The highest BCUT2D eigenvalue weighted by molar-refractivity contribution is 5.26. The zero-order valence-corrected chi connectivity index (χ0v) is 12.2. The van der Waals surface area contributed by atoms with Crippen LogP contribution in [0.4, 0.5) is 17.6 Å². The van der Waals surface area contributed by atoms with Gasteiger partial charge in [-0.15, -0.1) is 0 Å². The monoisotopic (exact) mass is 307 g/mol. The quantitative estimate of drug-likeness (QED) is 0.700. The maximum Gasteiger partial charge on any atom is 0.330 e. The van der Waals surface area contributed by atoms with Crippen molar-refractivity contribution in [3.05, 3.63) is 35.4 Å². The SMILES string of the molecule is CC(C)CNCc1ccccc1COCC(F)(F)C(F)F. The van der Waals surface area contributed by atoms with Gasteiger partial charge in [-0.05, 0) is 23.6 Å². The van der Waals surface area contributed by atoms with E-state index < -0.39 is 19.0 Å². The van der Waals surface area contributed by atoms with E-state index in [1.807, 2.05) is 12.1 Å². The fraction of sp³-hybridized carbons (Fsp3) is 0.600. The molecule has 0 atom stereocenters. The summed E-state index contributed by atoms with van der Waals surface area (Å²) >= 11 is 0. The molecule has 0 heterocycles. The first kappa shape index (κ1) is 17.9. The maximum atomic E-state index is 12.8.